The molecular formula is C21H32IN5O. The van der Waals surface area contributed by atoms with E-state index in [1.54, 1.807) is 0 Å². The van der Waals surface area contributed by atoms with Gasteiger partial charge in [-0.2, -0.15) is 0 Å². The molecular weight excluding hydrogens is 465 g/mol. The van der Waals surface area contributed by atoms with Gasteiger partial charge in [0.05, 0.1) is 18.2 Å². The number of rotatable bonds is 5. The second kappa shape index (κ2) is 10.8. The van der Waals surface area contributed by atoms with Crippen molar-refractivity contribution in [1.29, 1.82) is 0 Å². The van der Waals surface area contributed by atoms with Gasteiger partial charge in [0.2, 0.25) is 0 Å². The zero-order chi connectivity index (χ0) is 19.2. The Morgan fingerprint density at radius 3 is 2.61 bits per heavy atom. The minimum atomic E-state index is -0.143. The van der Waals surface area contributed by atoms with Gasteiger partial charge in [0.25, 0.3) is 0 Å². The molecule has 154 valence electrons. The maximum atomic E-state index is 9.70. The third-order valence-electron chi connectivity index (χ3n) is 5.04. The highest BCUT2D eigenvalue weighted by Gasteiger charge is 2.20. The molecule has 1 aliphatic carbocycles. The van der Waals surface area contributed by atoms with Gasteiger partial charge < -0.3 is 20.6 Å². The van der Waals surface area contributed by atoms with Crippen LogP contribution in [0.25, 0.3) is 10.9 Å². The van der Waals surface area contributed by atoms with Gasteiger partial charge in [-0.3, -0.25) is 0 Å². The van der Waals surface area contributed by atoms with E-state index >= 15 is 0 Å². The van der Waals surface area contributed by atoms with Crippen LogP contribution in [0.3, 0.4) is 0 Å². The minimum absolute atomic E-state index is 0. The third-order valence-corrected chi connectivity index (χ3v) is 5.04. The molecule has 3 rings (SSSR count). The monoisotopic (exact) mass is 497 g/mol. The Kier molecular flexibility index (Phi) is 8.75. The zero-order valence-corrected chi connectivity index (χ0v) is 19.3. The number of aromatic nitrogens is 1. The van der Waals surface area contributed by atoms with Gasteiger partial charge in [-0.15, -0.1) is 24.0 Å². The fourth-order valence-electron chi connectivity index (χ4n) is 3.49. The summed E-state index contributed by atoms with van der Waals surface area (Å²) < 4.78 is 0. The van der Waals surface area contributed by atoms with Crippen LogP contribution in [0, 0.1) is 0 Å². The molecule has 0 saturated heterocycles. The normalized spacial score (nSPS) is 19.8. The lowest BCUT2D eigenvalue weighted by Crippen LogP contribution is -2.45. The van der Waals surface area contributed by atoms with Crippen LogP contribution in [-0.4, -0.2) is 48.8 Å². The van der Waals surface area contributed by atoms with Crippen LogP contribution in [0.4, 0.5) is 5.82 Å². The number of aliphatic hydroxyl groups is 1. The fraction of sp³-hybridized carbons (Fsp3) is 0.524. The molecule has 0 atom stereocenters. The standard InChI is InChI=1S/C21H31N5O.HI/c1-4-22-21(24-16-9-11-17(27)12-10-16)23-14-15-13-20(26(2)3)25-19-8-6-5-7-18(15)19;/h5-8,13,16-17,27H,4,9-12,14H2,1-3H3,(H2,22,23,24);1H. The van der Waals surface area contributed by atoms with Gasteiger partial charge in [-0.25, -0.2) is 9.98 Å². The van der Waals surface area contributed by atoms with Crippen molar-refractivity contribution >= 4 is 46.7 Å². The molecule has 0 spiro atoms. The van der Waals surface area contributed by atoms with E-state index in [4.69, 9.17) is 9.98 Å². The van der Waals surface area contributed by atoms with Gasteiger partial charge in [0, 0.05) is 32.1 Å². The summed E-state index contributed by atoms with van der Waals surface area (Å²) in [4.78, 5) is 11.6. The SMILES string of the molecule is CCNC(=NCc1cc(N(C)C)nc2ccccc12)NC1CCC(O)CC1.I. The Labute approximate surface area is 184 Å². The smallest absolute Gasteiger partial charge is 0.191 e. The number of hydrogen-bond acceptors (Lipinski definition) is 4. The molecule has 0 aliphatic heterocycles. The fourth-order valence-corrected chi connectivity index (χ4v) is 3.49. The second-order valence-electron chi connectivity index (χ2n) is 7.40. The number of nitrogens with zero attached hydrogens (tertiary/aromatic N) is 3. The topological polar surface area (TPSA) is 72.8 Å². The maximum Gasteiger partial charge on any atom is 0.191 e. The molecule has 2 aromatic rings. The van der Waals surface area contributed by atoms with E-state index in [0.29, 0.717) is 12.6 Å². The number of aliphatic imine (C=N–C) groups is 1. The Morgan fingerprint density at radius 2 is 1.93 bits per heavy atom. The molecule has 1 aromatic heterocycles. The van der Waals surface area contributed by atoms with Crippen molar-refractivity contribution in [2.45, 2.75) is 51.3 Å². The number of para-hydroxylation sites is 1. The number of fused-ring (bicyclic) bond motifs is 1. The van der Waals surface area contributed by atoms with Crippen molar-refractivity contribution in [2.24, 2.45) is 4.99 Å². The first-order chi connectivity index (χ1) is 13.1. The van der Waals surface area contributed by atoms with Crippen molar-refractivity contribution in [3.8, 4) is 0 Å². The predicted molar refractivity (Wildman–Crippen MR) is 128 cm³/mol. The first kappa shape index (κ1) is 22.7. The molecule has 0 bridgehead atoms. The zero-order valence-electron chi connectivity index (χ0n) is 17.0. The van der Waals surface area contributed by atoms with E-state index in [0.717, 1.165) is 54.9 Å². The molecule has 6 nitrogen and oxygen atoms in total. The van der Waals surface area contributed by atoms with Gasteiger partial charge in [-0.1, -0.05) is 18.2 Å². The third kappa shape index (κ3) is 5.94. The van der Waals surface area contributed by atoms with Crippen LogP contribution in [0.15, 0.2) is 35.3 Å². The lowest BCUT2D eigenvalue weighted by atomic mass is 9.93. The van der Waals surface area contributed by atoms with Crippen LogP contribution >= 0.6 is 24.0 Å². The van der Waals surface area contributed by atoms with Crippen LogP contribution < -0.4 is 15.5 Å². The highest BCUT2D eigenvalue weighted by atomic mass is 127. The molecule has 1 heterocycles. The number of benzene rings is 1. The second-order valence-corrected chi connectivity index (χ2v) is 7.40. The lowest BCUT2D eigenvalue weighted by Gasteiger charge is -2.27. The molecule has 0 radical (unpaired) electrons. The summed E-state index contributed by atoms with van der Waals surface area (Å²) in [5.41, 5.74) is 2.16. The molecule has 0 unspecified atom stereocenters. The van der Waals surface area contributed by atoms with Gasteiger partial charge >= 0.3 is 0 Å². The van der Waals surface area contributed by atoms with E-state index < -0.39 is 0 Å². The number of halogens is 1. The molecule has 28 heavy (non-hydrogen) atoms. The van der Waals surface area contributed by atoms with Gasteiger partial charge in [-0.05, 0) is 50.3 Å². The maximum absolute atomic E-state index is 9.70. The molecule has 3 N–H and O–H groups in total. The molecule has 0 amide bonds. The first-order valence-electron chi connectivity index (χ1n) is 9.85. The van der Waals surface area contributed by atoms with Crippen LogP contribution in [0.1, 0.15) is 38.2 Å². The molecule has 1 aromatic carbocycles. The lowest BCUT2D eigenvalue weighted by molar-refractivity contribution is 0.120. The number of guanidine groups is 1. The number of aliphatic hydroxyl groups excluding tert-OH is 1. The predicted octanol–water partition coefficient (Wildman–Crippen LogP) is 3.28. The number of pyridine rings is 1. The van der Waals surface area contributed by atoms with Crippen LogP contribution in [0.2, 0.25) is 0 Å². The Bertz CT molecular complexity index is 787. The highest BCUT2D eigenvalue weighted by Crippen LogP contribution is 2.23. The summed E-state index contributed by atoms with van der Waals surface area (Å²) in [6, 6.07) is 10.7. The van der Waals surface area contributed by atoms with Crippen molar-refractivity contribution in [3.05, 3.63) is 35.9 Å². The Morgan fingerprint density at radius 1 is 1.21 bits per heavy atom. The number of nitrogens with one attached hydrogen (secondary N) is 2. The largest absolute Gasteiger partial charge is 0.393 e. The molecule has 1 saturated carbocycles. The summed E-state index contributed by atoms with van der Waals surface area (Å²) in [7, 11) is 4.01. The van der Waals surface area contributed by atoms with E-state index in [-0.39, 0.29) is 30.1 Å². The van der Waals surface area contributed by atoms with E-state index in [1.807, 2.05) is 37.2 Å². The Balaban J connectivity index is 0.00000280. The van der Waals surface area contributed by atoms with Crippen molar-refractivity contribution in [3.63, 3.8) is 0 Å². The summed E-state index contributed by atoms with van der Waals surface area (Å²) >= 11 is 0. The summed E-state index contributed by atoms with van der Waals surface area (Å²) in [6.07, 6.45) is 3.54. The Hall–Kier alpha value is -1.61. The van der Waals surface area contributed by atoms with Crippen molar-refractivity contribution in [1.82, 2.24) is 15.6 Å². The summed E-state index contributed by atoms with van der Waals surface area (Å²) in [5.74, 6) is 1.78. The molecule has 1 aliphatic rings. The first-order valence-corrected chi connectivity index (χ1v) is 9.85. The average molecular weight is 497 g/mol. The van der Waals surface area contributed by atoms with Crippen LogP contribution in [-0.2, 0) is 6.54 Å². The highest BCUT2D eigenvalue weighted by molar-refractivity contribution is 14.0. The number of hydrogen-bond donors (Lipinski definition) is 3. The number of anilines is 1. The van der Waals surface area contributed by atoms with E-state index in [2.05, 4.69) is 29.7 Å². The summed E-state index contributed by atoms with van der Waals surface area (Å²) in [5, 5.41) is 17.7. The van der Waals surface area contributed by atoms with Gasteiger partial charge in [0.1, 0.15) is 5.82 Å². The van der Waals surface area contributed by atoms with Crippen molar-refractivity contribution < 1.29 is 5.11 Å². The van der Waals surface area contributed by atoms with E-state index in [1.165, 1.54) is 5.56 Å². The molecule has 7 heteroatoms. The quantitative estimate of drug-likeness (QED) is 0.336. The average Bonchev–Trinajstić information content (AvgIpc) is 2.67. The minimum Gasteiger partial charge on any atom is -0.393 e. The van der Waals surface area contributed by atoms with Gasteiger partial charge in [0.15, 0.2) is 5.96 Å². The van der Waals surface area contributed by atoms with Crippen molar-refractivity contribution in [2.75, 3.05) is 25.5 Å². The van der Waals surface area contributed by atoms with E-state index in [9.17, 15) is 5.11 Å². The van der Waals surface area contributed by atoms with Crippen LogP contribution in [0.5, 0.6) is 0 Å². The summed E-state index contributed by atoms with van der Waals surface area (Å²) in [6.45, 7) is 3.49. The molecule has 1 fully saturated rings.